The van der Waals surface area contributed by atoms with Gasteiger partial charge in [-0.1, -0.05) is 114 Å². The average Bonchev–Trinajstić information content (AvgIpc) is 3.27. The van der Waals surface area contributed by atoms with Gasteiger partial charge in [0.2, 0.25) is 0 Å². The van der Waals surface area contributed by atoms with Crippen LogP contribution >= 0.6 is 0 Å². The lowest BCUT2D eigenvalue weighted by molar-refractivity contribution is -0.150. The number of hydrogen-bond acceptors (Lipinski definition) is 9. The molecule has 60 heavy (non-hydrogen) atoms. The zero-order valence-electron chi connectivity index (χ0n) is 35.0. The summed E-state index contributed by atoms with van der Waals surface area (Å²) in [5.41, 5.74) is 8.82. The molecule has 7 rings (SSSR count). The van der Waals surface area contributed by atoms with Gasteiger partial charge in [-0.15, -0.1) is 0 Å². The molecule has 306 valence electrons. The summed E-state index contributed by atoms with van der Waals surface area (Å²) in [7, 11) is 0. The van der Waals surface area contributed by atoms with E-state index >= 15 is 0 Å². The topological polar surface area (TPSA) is 118 Å². The highest BCUT2D eigenvalue weighted by Gasteiger charge is 2.42. The molecule has 1 saturated carbocycles. The van der Waals surface area contributed by atoms with Crippen LogP contribution in [-0.4, -0.2) is 32.9 Å². The van der Waals surface area contributed by atoms with E-state index in [1.807, 2.05) is 72.8 Å². The van der Waals surface area contributed by atoms with Crippen LogP contribution in [0.3, 0.4) is 0 Å². The SMILES string of the molecule is CC(C)c1ccccc1-c1ccc(OC(=O)C2CC(C(=O)Oc3ccc(-c4ccccc4C(C)C)nc3)CC(C(=O)Oc3ccc(-c4ccccc4C(C)C)nc3)C2)cn1. The maximum atomic E-state index is 13.8. The first kappa shape index (κ1) is 41.7. The van der Waals surface area contributed by atoms with Crippen LogP contribution in [0, 0.1) is 17.8 Å². The average molecular weight is 802 g/mol. The van der Waals surface area contributed by atoms with Crippen LogP contribution in [-0.2, 0) is 14.4 Å². The van der Waals surface area contributed by atoms with E-state index in [1.165, 1.54) is 35.3 Å². The molecule has 3 heterocycles. The molecule has 0 atom stereocenters. The van der Waals surface area contributed by atoms with Crippen LogP contribution in [0.5, 0.6) is 17.2 Å². The van der Waals surface area contributed by atoms with E-state index in [1.54, 1.807) is 18.2 Å². The van der Waals surface area contributed by atoms with Crippen molar-refractivity contribution in [3.63, 3.8) is 0 Å². The molecular formula is C51H51N3O6. The molecule has 0 amide bonds. The van der Waals surface area contributed by atoms with Crippen LogP contribution in [0.2, 0.25) is 0 Å². The Morgan fingerprint density at radius 2 is 0.683 bits per heavy atom. The summed E-state index contributed by atoms with van der Waals surface area (Å²) in [6, 6.07) is 34.9. The van der Waals surface area contributed by atoms with Crippen molar-refractivity contribution < 1.29 is 28.6 Å². The second-order valence-corrected chi connectivity index (χ2v) is 16.4. The van der Waals surface area contributed by atoms with Crippen molar-refractivity contribution in [2.24, 2.45) is 17.8 Å². The normalized spacial score (nSPS) is 16.4. The Balaban J connectivity index is 1.08. The summed E-state index contributed by atoms with van der Waals surface area (Å²) in [5.74, 6) is -2.36. The zero-order chi connectivity index (χ0) is 42.3. The molecular weight excluding hydrogens is 751 g/mol. The highest BCUT2D eigenvalue weighted by Crippen LogP contribution is 2.38. The van der Waals surface area contributed by atoms with E-state index in [2.05, 4.69) is 74.7 Å². The lowest BCUT2D eigenvalue weighted by atomic mass is 9.75. The van der Waals surface area contributed by atoms with Gasteiger partial charge in [0.15, 0.2) is 0 Å². The van der Waals surface area contributed by atoms with Gasteiger partial charge in [-0.2, -0.15) is 0 Å². The van der Waals surface area contributed by atoms with E-state index in [-0.39, 0.29) is 36.5 Å². The molecule has 1 aliphatic rings. The summed E-state index contributed by atoms with van der Waals surface area (Å²) in [6.07, 6.45) is 4.97. The third-order valence-electron chi connectivity index (χ3n) is 11.1. The first-order chi connectivity index (χ1) is 28.9. The molecule has 9 heteroatoms. The minimum atomic E-state index is -0.795. The van der Waals surface area contributed by atoms with E-state index in [0.717, 1.165) is 33.8 Å². The number of carbonyl (C=O) groups is 3. The quantitative estimate of drug-likeness (QED) is 0.111. The lowest BCUT2D eigenvalue weighted by Gasteiger charge is -2.31. The second kappa shape index (κ2) is 18.6. The van der Waals surface area contributed by atoms with Gasteiger partial charge in [0.25, 0.3) is 0 Å². The molecule has 0 aliphatic heterocycles. The molecule has 0 unspecified atom stereocenters. The molecule has 9 nitrogen and oxygen atoms in total. The Morgan fingerprint density at radius 1 is 0.417 bits per heavy atom. The fraction of sp³-hybridized carbons (Fsp3) is 0.294. The fourth-order valence-electron chi connectivity index (χ4n) is 8.00. The largest absolute Gasteiger partial charge is 0.425 e. The number of esters is 3. The number of ether oxygens (including phenoxy) is 3. The van der Waals surface area contributed by atoms with Gasteiger partial charge in [0, 0.05) is 16.7 Å². The van der Waals surface area contributed by atoms with E-state index < -0.39 is 35.7 Å². The minimum Gasteiger partial charge on any atom is -0.425 e. The maximum absolute atomic E-state index is 13.8. The Hall–Kier alpha value is -6.48. The van der Waals surface area contributed by atoms with Crippen molar-refractivity contribution >= 4 is 17.9 Å². The Bertz CT molecular complexity index is 2160. The molecule has 3 aromatic carbocycles. The summed E-state index contributed by atoms with van der Waals surface area (Å²) in [6.45, 7) is 12.8. The van der Waals surface area contributed by atoms with Crippen LogP contribution in [0.1, 0.15) is 95.2 Å². The molecule has 3 aromatic heterocycles. The summed E-state index contributed by atoms with van der Waals surface area (Å²) < 4.78 is 17.6. The first-order valence-corrected chi connectivity index (χ1v) is 20.8. The number of pyridine rings is 3. The van der Waals surface area contributed by atoms with Crippen molar-refractivity contribution in [3.05, 3.63) is 144 Å². The number of nitrogens with zero attached hydrogens (tertiary/aromatic N) is 3. The van der Waals surface area contributed by atoms with Gasteiger partial charge in [-0.25, -0.2) is 0 Å². The van der Waals surface area contributed by atoms with Crippen LogP contribution in [0.4, 0.5) is 0 Å². The molecule has 0 spiro atoms. The molecule has 0 N–H and O–H groups in total. The summed E-state index contributed by atoms with van der Waals surface area (Å²) in [5, 5.41) is 0. The summed E-state index contributed by atoms with van der Waals surface area (Å²) >= 11 is 0. The second-order valence-electron chi connectivity index (χ2n) is 16.4. The van der Waals surface area contributed by atoms with Crippen LogP contribution in [0.15, 0.2) is 128 Å². The molecule has 0 radical (unpaired) electrons. The number of rotatable bonds is 12. The van der Waals surface area contributed by atoms with Gasteiger partial charge in [-0.05, 0) is 90.1 Å². The van der Waals surface area contributed by atoms with Gasteiger partial charge in [0.05, 0.1) is 53.4 Å². The molecule has 1 fully saturated rings. The lowest BCUT2D eigenvalue weighted by Crippen LogP contribution is -2.39. The van der Waals surface area contributed by atoms with Crippen LogP contribution in [0.25, 0.3) is 33.8 Å². The molecule has 6 aromatic rings. The Labute approximate surface area is 352 Å². The van der Waals surface area contributed by atoms with E-state index in [9.17, 15) is 14.4 Å². The number of carbonyl (C=O) groups excluding carboxylic acids is 3. The third-order valence-corrected chi connectivity index (χ3v) is 11.1. The Kier molecular flexibility index (Phi) is 12.9. The number of aromatic nitrogens is 3. The van der Waals surface area contributed by atoms with Crippen molar-refractivity contribution in [1.29, 1.82) is 0 Å². The molecule has 0 saturated heterocycles. The smallest absolute Gasteiger partial charge is 0.314 e. The van der Waals surface area contributed by atoms with E-state index in [0.29, 0.717) is 17.8 Å². The van der Waals surface area contributed by atoms with Crippen LogP contribution < -0.4 is 14.2 Å². The molecule has 0 bridgehead atoms. The van der Waals surface area contributed by atoms with Crippen molar-refractivity contribution in [1.82, 2.24) is 15.0 Å². The fourth-order valence-corrected chi connectivity index (χ4v) is 8.00. The van der Waals surface area contributed by atoms with Crippen molar-refractivity contribution in [3.8, 4) is 51.0 Å². The summed E-state index contributed by atoms with van der Waals surface area (Å²) in [4.78, 5) is 55.3. The van der Waals surface area contributed by atoms with Gasteiger partial charge in [0.1, 0.15) is 17.2 Å². The monoisotopic (exact) mass is 801 g/mol. The van der Waals surface area contributed by atoms with Gasteiger partial charge >= 0.3 is 17.9 Å². The standard InChI is InChI=1S/C51H51N3O6/c1-31(2)40-13-7-10-16-43(40)46-22-19-37(28-52-46)58-49(55)34-25-35(50(56)59-38-20-23-47(53-29-38)44-17-11-8-14-41(44)32(3)4)27-36(26-34)51(57)60-39-21-24-48(54-30-39)45-18-12-9-15-42(45)33(5)6/h7-24,28-36H,25-27H2,1-6H3. The maximum Gasteiger partial charge on any atom is 0.314 e. The van der Waals surface area contributed by atoms with Gasteiger partial charge < -0.3 is 14.2 Å². The van der Waals surface area contributed by atoms with Gasteiger partial charge in [-0.3, -0.25) is 29.3 Å². The first-order valence-electron chi connectivity index (χ1n) is 20.8. The highest BCUT2D eigenvalue weighted by molar-refractivity contribution is 5.83. The highest BCUT2D eigenvalue weighted by atomic mass is 16.5. The predicted octanol–water partition coefficient (Wildman–Crippen LogP) is 11.4. The molecule has 1 aliphatic carbocycles. The van der Waals surface area contributed by atoms with Crippen molar-refractivity contribution in [2.75, 3.05) is 0 Å². The van der Waals surface area contributed by atoms with Crippen molar-refractivity contribution in [2.45, 2.75) is 78.6 Å². The third kappa shape index (κ3) is 9.69. The zero-order valence-corrected chi connectivity index (χ0v) is 35.0. The Morgan fingerprint density at radius 3 is 0.917 bits per heavy atom. The van der Waals surface area contributed by atoms with E-state index in [4.69, 9.17) is 14.2 Å². The number of hydrogen-bond donors (Lipinski definition) is 0. The predicted molar refractivity (Wildman–Crippen MR) is 233 cm³/mol. The number of benzene rings is 3. The minimum absolute atomic E-state index is 0.132.